The Morgan fingerprint density at radius 2 is 2.33 bits per heavy atom. The first-order valence-electron chi connectivity index (χ1n) is 3.66. The van der Waals surface area contributed by atoms with Gasteiger partial charge in [0.05, 0.1) is 12.7 Å². The van der Waals surface area contributed by atoms with Gasteiger partial charge in [-0.3, -0.25) is 0 Å². The molecule has 1 heterocycles. The van der Waals surface area contributed by atoms with Crippen LogP contribution < -0.4 is 0 Å². The maximum atomic E-state index is 5.54. The molecule has 1 aliphatic carbocycles. The van der Waals surface area contributed by atoms with Crippen molar-refractivity contribution in [2.45, 2.75) is 18.9 Å². The topological polar surface area (TPSA) is 9.23 Å². The maximum Gasteiger partial charge on any atom is 0.0608 e. The minimum Gasteiger partial charge on any atom is -0.377 e. The van der Waals surface area contributed by atoms with Crippen molar-refractivity contribution in [3.05, 3.63) is 0 Å². The molecule has 2 aliphatic rings. The molecule has 1 saturated heterocycles. The molecule has 2 atom stereocenters. The fraction of sp³-hybridized carbons (Fsp3) is 1.00. The number of thioether (sulfide) groups is 1. The summed E-state index contributed by atoms with van der Waals surface area (Å²) in [6, 6.07) is 0. The Balaban J connectivity index is 1.81. The molecule has 0 spiro atoms. The number of fused-ring (bicyclic) bond motifs is 1. The van der Waals surface area contributed by atoms with Gasteiger partial charge in [-0.25, -0.2) is 0 Å². The van der Waals surface area contributed by atoms with Gasteiger partial charge in [-0.2, -0.15) is 11.8 Å². The van der Waals surface area contributed by atoms with E-state index in [9.17, 15) is 0 Å². The molecule has 0 aromatic carbocycles. The van der Waals surface area contributed by atoms with E-state index in [1.807, 2.05) is 11.8 Å². The van der Waals surface area contributed by atoms with Crippen molar-refractivity contribution in [1.82, 2.24) is 0 Å². The summed E-state index contributed by atoms with van der Waals surface area (Å²) in [7, 11) is 0. The van der Waals surface area contributed by atoms with Crippen LogP contribution >= 0.6 is 11.8 Å². The second-order valence-corrected chi connectivity index (χ2v) is 4.03. The molecule has 0 N–H and O–H groups in total. The summed E-state index contributed by atoms with van der Waals surface area (Å²) >= 11 is 2.03. The van der Waals surface area contributed by atoms with Crippen LogP contribution in [-0.4, -0.2) is 24.2 Å². The summed E-state index contributed by atoms with van der Waals surface area (Å²) in [6.45, 7) is 0.992. The number of ether oxygens (including phenoxy) is 1. The fourth-order valence-corrected chi connectivity index (χ4v) is 2.21. The SMILES string of the molecule is C1CSCCC2CC2O1. The van der Waals surface area contributed by atoms with Crippen molar-refractivity contribution in [2.24, 2.45) is 5.92 Å². The van der Waals surface area contributed by atoms with Gasteiger partial charge in [0.15, 0.2) is 0 Å². The van der Waals surface area contributed by atoms with Crippen LogP contribution in [0.1, 0.15) is 12.8 Å². The van der Waals surface area contributed by atoms with Crippen LogP contribution in [0.15, 0.2) is 0 Å². The molecule has 0 aromatic heterocycles. The zero-order chi connectivity index (χ0) is 6.10. The standard InChI is InChI=1S/C7H12OS/c1-3-9-4-2-8-7-5-6(1)7/h6-7H,1-5H2. The zero-order valence-electron chi connectivity index (χ0n) is 5.51. The van der Waals surface area contributed by atoms with E-state index in [1.54, 1.807) is 0 Å². The van der Waals surface area contributed by atoms with Crippen molar-refractivity contribution < 1.29 is 4.74 Å². The molecule has 1 nitrogen and oxygen atoms in total. The van der Waals surface area contributed by atoms with Crippen molar-refractivity contribution in [3.63, 3.8) is 0 Å². The van der Waals surface area contributed by atoms with Gasteiger partial charge in [0.25, 0.3) is 0 Å². The summed E-state index contributed by atoms with van der Waals surface area (Å²) in [5.74, 6) is 3.52. The summed E-state index contributed by atoms with van der Waals surface area (Å²) in [4.78, 5) is 0. The fourth-order valence-electron chi connectivity index (χ4n) is 1.32. The van der Waals surface area contributed by atoms with Crippen LogP contribution in [0.25, 0.3) is 0 Å². The van der Waals surface area contributed by atoms with Gasteiger partial charge in [0.2, 0.25) is 0 Å². The molecule has 2 heteroatoms. The average molecular weight is 144 g/mol. The monoisotopic (exact) mass is 144 g/mol. The van der Waals surface area contributed by atoms with E-state index in [4.69, 9.17) is 4.74 Å². The van der Waals surface area contributed by atoms with Crippen LogP contribution in [0.2, 0.25) is 0 Å². The molecule has 52 valence electrons. The number of hydrogen-bond acceptors (Lipinski definition) is 2. The first-order valence-corrected chi connectivity index (χ1v) is 4.81. The molecule has 2 unspecified atom stereocenters. The third-order valence-corrected chi connectivity index (χ3v) is 3.03. The Bertz CT molecular complexity index is 93.1. The van der Waals surface area contributed by atoms with Crippen LogP contribution in [0.3, 0.4) is 0 Å². The number of hydrogen-bond donors (Lipinski definition) is 0. The zero-order valence-corrected chi connectivity index (χ0v) is 6.32. The highest BCUT2D eigenvalue weighted by atomic mass is 32.2. The summed E-state index contributed by atoms with van der Waals surface area (Å²) < 4.78 is 5.54. The van der Waals surface area contributed by atoms with Crippen LogP contribution in [-0.2, 0) is 4.74 Å². The Morgan fingerprint density at radius 1 is 1.33 bits per heavy atom. The van der Waals surface area contributed by atoms with Crippen molar-refractivity contribution >= 4 is 11.8 Å². The maximum absolute atomic E-state index is 5.54. The predicted octanol–water partition coefficient (Wildman–Crippen LogP) is 1.53. The van der Waals surface area contributed by atoms with Crippen molar-refractivity contribution in [3.8, 4) is 0 Å². The normalized spacial score (nSPS) is 42.7. The third kappa shape index (κ3) is 1.41. The molecule has 0 amide bonds. The van der Waals surface area contributed by atoms with Crippen LogP contribution in [0.5, 0.6) is 0 Å². The van der Waals surface area contributed by atoms with E-state index < -0.39 is 0 Å². The van der Waals surface area contributed by atoms with Crippen LogP contribution in [0.4, 0.5) is 0 Å². The molecule has 2 fully saturated rings. The van der Waals surface area contributed by atoms with Gasteiger partial charge in [-0.15, -0.1) is 0 Å². The minimum absolute atomic E-state index is 0.672. The van der Waals surface area contributed by atoms with E-state index in [0.29, 0.717) is 6.10 Å². The van der Waals surface area contributed by atoms with Crippen molar-refractivity contribution in [2.75, 3.05) is 18.1 Å². The Morgan fingerprint density at radius 3 is 3.33 bits per heavy atom. The molecule has 1 aliphatic heterocycles. The summed E-state index contributed by atoms with van der Waals surface area (Å²) in [5.41, 5.74) is 0. The molecular formula is C7H12OS. The Kier molecular flexibility index (Phi) is 1.68. The van der Waals surface area contributed by atoms with Gasteiger partial charge in [0, 0.05) is 5.75 Å². The van der Waals surface area contributed by atoms with Crippen molar-refractivity contribution in [1.29, 1.82) is 0 Å². The molecule has 1 saturated carbocycles. The lowest BCUT2D eigenvalue weighted by Crippen LogP contribution is -2.05. The first kappa shape index (κ1) is 6.05. The van der Waals surface area contributed by atoms with Gasteiger partial charge in [-0.1, -0.05) is 0 Å². The van der Waals surface area contributed by atoms with Gasteiger partial charge < -0.3 is 4.74 Å². The van der Waals surface area contributed by atoms with Gasteiger partial charge >= 0.3 is 0 Å². The van der Waals surface area contributed by atoms with E-state index >= 15 is 0 Å². The molecular weight excluding hydrogens is 132 g/mol. The lowest BCUT2D eigenvalue weighted by atomic mass is 10.3. The minimum atomic E-state index is 0.672. The highest BCUT2D eigenvalue weighted by Gasteiger charge is 2.37. The largest absolute Gasteiger partial charge is 0.377 e. The summed E-state index contributed by atoms with van der Waals surface area (Å²) in [6.07, 6.45) is 3.42. The Hall–Kier alpha value is 0.310. The average Bonchev–Trinajstić information content (AvgIpc) is 2.46. The lowest BCUT2D eigenvalue weighted by Gasteiger charge is -2.07. The molecule has 0 bridgehead atoms. The molecule has 0 aromatic rings. The third-order valence-electron chi connectivity index (χ3n) is 2.05. The Labute approximate surface area is 60.2 Å². The highest BCUT2D eigenvalue weighted by Crippen LogP contribution is 2.38. The van der Waals surface area contributed by atoms with E-state index in [1.165, 1.54) is 24.3 Å². The lowest BCUT2D eigenvalue weighted by molar-refractivity contribution is 0.122. The number of rotatable bonds is 0. The van der Waals surface area contributed by atoms with Gasteiger partial charge in [-0.05, 0) is 24.5 Å². The summed E-state index contributed by atoms with van der Waals surface area (Å²) in [5, 5.41) is 0. The highest BCUT2D eigenvalue weighted by molar-refractivity contribution is 7.99. The van der Waals surface area contributed by atoms with E-state index in [-0.39, 0.29) is 0 Å². The van der Waals surface area contributed by atoms with E-state index in [2.05, 4.69) is 0 Å². The first-order chi connectivity index (χ1) is 4.47. The quantitative estimate of drug-likeness (QED) is 0.510. The molecule has 0 radical (unpaired) electrons. The second-order valence-electron chi connectivity index (χ2n) is 2.81. The smallest absolute Gasteiger partial charge is 0.0608 e. The van der Waals surface area contributed by atoms with Gasteiger partial charge in [0.1, 0.15) is 0 Å². The second kappa shape index (κ2) is 2.51. The molecule has 2 rings (SSSR count). The van der Waals surface area contributed by atoms with Crippen LogP contribution in [0, 0.1) is 5.92 Å². The molecule has 9 heavy (non-hydrogen) atoms. The van der Waals surface area contributed by atoms with E-state index in [0.717, 1.165) is 12.5 Å². The predicted molar refractivity (Wildman–Crippen MR) is 39.8 cm³/mol.